The molecule has 2 heterocycles. The van der Waals surface area contributed by atoms with E-state index in [1.807, 2.05) is 12.1 Å². The zero-order chi connectivity index (χ0) is 18.4. The maximum absolute atomic E-state index is 12.5. The molecule has 1 aromatic carbocycles. The molecule has 26 heavy (non-hydrogen) atoms. The third kappa shape index (κ3) is 5.11. The molecule has 6 nitrogen and oxygen atoms in total. The van der Waals surface area contributed by atoms with Crippen molar-refractivity contribution < 1.29 is 17.9 Å². The van der Waals surface area contributed by atoms with Crippen molar-refractivity contribution in [1.82, 2.24) is 9.29 Å². The number of rotatable bonds is 7. The molecule has 0 spiro atoms. The summed E-state index contributed by atoms with van der Waals surface area (Å²) in [5.41, 5.74) is 0. The van der Waals surface area contributed by atoms with Crippen LogP contribution < -0.4 is 4.74 Å². The molecule has 2 aromatic rings. The van der Waals surface area contributed by atoms with Gasteiger partial charge in [0.1, 0.15) is 10.6 Å². The van der Waals surface area contributed by atoms with Gasteiger partial charge in [0.25, 0.3) is 0 Å². The van der Waals surface area contributed by atoms with Gasteiger partial charge < -0.3 is 9.47 Å². The van der Waals surface area contributed by atoms with Gasteiger partial charge in [-0.15, -0.1) is 11.8 Å². The Hall–Kier alpha value is -1.32. The molecule has 0 aliphatic carbocycles. The van der Waals surface area contributed by atoms with E-state index in [1.54, 1.807) is 24.3 Å². The summed E-state index contributed by atoms with van der Waals surface area (Å²) in [6.45, 7) is 2.12. The monoisotopic (exact) mass is 414 g/mol. The van der Waals surface area contributed by atoms with Crippen molar-refractivity contribution in [3.05, 3.63) is 47.6 Å². The van der Waals surface area contributed by atoms with Crippen LogP contribution in [0, 0.1) is 0 Å². The van der Waals surface area contributed by atoms with E-state index in [9.17, 15) is 8.42 Å². The fourth-order valence-corrected chi connectivity index (χ4v) is 4.52. The lowest BCUT2D eigenvalue weighted by Crippen LogP contribution is -2.40. The van der Waals surface area contributed by atoms with E-state index in [0.29, 0.717) is 43.7 Å². The van der Waals surface area contributed by atoms with Crippen LogP contribution in [0.2, 0.25) is 5.02 Å². The Labute approximate surface area is 162 Å². The number of benzene rings is 1. The van der Waals surface area contributed by atoms with Crippen molar-refractivity contribution in [2.24, 2.45) is 0 Å². The van der Waals surface area contributed by atoms with Gasteiger partial charge >= 0.3 is 0 Å². The van der Waals surface area contributed by atoms with Gasteiger partial charge in [-0.1, -0.05) is 11.6 Å². The molecule has 1 aliphatic rings. The number of morpholine rings is 1. The molecule has 1 fully saturated rings. The first kappa shape index (κ1) is 19.4. The van der Waals surface area contributed by atoms with Crippen LogP contribution >= 0.6 is 23.4 Å². The minimum absolute atomic E-state index is 0.209. The molecule has 0 radical (unpaired) electrons. The first-order valence-corrected chi connectivity index (χ1v) is 10.9. The third-order valence-electron chi connectivity index (χ3n) is 3.73. The summed E-state index contributed by atoms with van der Waals surface area (Å²) in [4.78, 5) is 4.46. The smallest absolute Gasteiger partial charge is 0.244 e. The lowest BCUT2D eigenvalue weighted by atomic mass is 10.3. The van der Waals surface area contributed by atoms with Gasteiger partial charge in [0, 0.05) is 30.1 Å². The third-order valence-corrected chi connectivity index (χ3v) is 6.77. The molecule has 1 aliphatic heterocycles. The highest BCUT2D eigenvalue weighted by Gasteiger charge is 2.26. The fourth-order valence-electron chi connectivity index (χ4n) is 2.38. The number of pyridine rings is 1. The Kier molecular flexibility index (Phi) is 6.77. The van der Waals surface area contributed by atoms with Gasteiger partial charge in [-0.05, 0) is 36.4 Å². The van der Waals surface area contributed by atoms with E-state index in [-0.39, 0.29) is 4.90 Å². The molecule has 0 unspecified atom stereocenters. The summed E-state index contributed by atoms with van der Waals surface area (Å²) in [7, 11) is -3.50. The molecule has 1 aromatic heterocycles. The first-order chi connectivity index (χ1) is 12.6. The predicted molar refractivity (Wildman–Crippen MR) is 101 cm³/mol. The number of nitrogens with zero attached hydrogens (tertiary/aromatic N) is 2. The molecule has 0 amide bonds. The summed E-state index contributed by atoms with van der Waals surface area (Å²) in [6, 6.07) is 10.5. The van der Waals surface area contributed by atoms with E-state index in [1.165, 1.54) is 22.3 Å². The van der Waals surface area contributed by atoms with Crippen molar-refractivity contribution >= 4 is 33.4 Å². The van der Waals surface area contributed by atoms with Gasteiger partial charge in [-0.2, -0.15) is 4.31 Å². The average molecular weight is 415 g/mol. The second-order valence-electron chi connectivity index (χ2n) is 5.50. The zero-order valence-electron chi connectivity index (χ0n) is 14.0. The topological polar surface area (TPSA) is 68.7 Å². The molecule has 0 saturated carbocycles. The Balaban J connectivity index is 1.50. The van der Waals surface area contributed by atoms with E-state index in [4.69, 9.17) is 21.1 Å². The molecular weight excluding hydrogens is 396 g/mol. The van der Waals surface area contributed by atoms with Crippen molar-refractivity contribution in [2.75, 3.05) is 38.7 Å². The van der Waals surface area contributed by atoms with Crippen molar-refractivity contribution in [1.29, 1.82) is 0 Å². The lowest BCUT2D eigenvalue weighted by Gasteiger charge is -2.25. The van der Waals surface area contributed by atoms with Gasteiger partial charge in [0.15, 0.2) is 0 Å². The van der Waals surface area contributed by atoms with E-state index in [2.05, 4.69) is 4.98 Å². The minimum atomic E-state index is -3.50. The van der Waals surface area contributed by atoms with Gasteiger partial charge in [-0.3, -0.25) is 0 Å². The van der Waals surface area contributed by atoms with Crippen LogP contribution in [0.15, 0.2) is 52.5 Å². The SMILES string of the molecule is O=S(=O)(c1ccc(SCCOc2ccc(Cl)cc2)nc1)N1CCOCC1. The van der Waals surface area contributed by atoms with E-state index >= 15 is 0 Å². The quantitative estimate of drug-likeness (QED) is 0.512. The van der Waals surface area contributed by atoms with Gasteiger partial charge in [-0.25, -0.2) is 13.4 Å². The predicted octanol–water partition coefficient (Wildman–Crippen LogP) is 2.93. The van der Waals surface area contributed by atoms with E-state index in [0.717, 1.165) is 10.8 Å². The molecule has 0 bridgehead atoms. The van der Waals surface area contributed by atoms with Crippen molar-refractivity contribution in [3.8, 4) is 5.75 Å². The second-order valence-corrected chi connectivity index (χ2v) is 8.99. The Morgan fingerprint density at radius 2 is 1.88 bits per heavy atom. The summed E-state index contributed by atoms with van der Waals surface area (Å²) in [5.74, 6) is 1.46. The lowest BCUT2D eigenvalue weighted by molar-refractivity contribution is 0.0730. The molecule has 9 heteroatoms. The van der Waals surface area contributed by atoms with Crippen molar-refractivity contribution in [2.45, 2.75) is 9.92 Å². The standard InChI is InChI=1S/C17H19ClN2O4S2/c18-14-1-3-15(4-2-14)24-11-12-25-17-6-5-16(13-19-17)26(21,22)20-7-9-23-10-8-20/h1-6,13H,7-12H2. The first-order valence-electron chi connectivity index (χ1n) is 8.11. The van der Waals surface area contributed by atoms with Gasteiger partial charge in [0.05, 0.1) is 24.8 Å². The van der Waals surface area contributed by atoms with Crippen LogP contribution in [-0.2, 0) is 14.8 Å². The Morgan fingerprint density at radius 3 is 2.54 bits per heavy atom. The van der Waals surface area contributed by atoms with Crippen LogP contribution in [0.3, 0.4) is 0 Å². The van der Waals surface area contributed by atoms with Crippen LogP contribution in [0.25, 0.3) is 0 Å². The number of thioether (sulfide) groups is 1. The largest absolute Gasteiger partial charge is 0.493 e. The molecule has 1 saturated heterocycles. The van der Waals surface area contributed by atoms with Crippen LogP contribution in [-0.4, -0.2) is 56.4 Å². The van der Waals surface area contributed by atoms with Crippen LogP contribution in [0.1, 0.15) is 0 Å². The summed E-state index contributed by atoms with van der Waals surface area (Å²) in [6.07, 6.45) is 1.41. The summed E-state index contributed by atoms with van der Waals surface area (Å²) < 4.78 is 37.3. The molecule has 0 N–H and O–H groups in total. The number of sulfonamides is 1. The van der Waals surface area contributed by atoms with Crippen LogP contribution in [0.4, 0.5) is 0 Å². The molecule has 140 valence electrons. The highest BCUT2D eigenvalue weighted by Crippen LogP contribution is 2.21. The van der Waals surface area contributed by atoms with Crippen molar-refractivity contribution in [3.63, 3.8) is 0 Å². The Bertz CT molecular complexity index is 808. The highest BCUT2D eigenvalue weighted by molar-refractivity contribution is 7.99. The second kappa shape index (κ2) is 9.05. The number of aromatic nitrogens is 1. The molecule has 0 atom stereocenters. The average Bonchev–Trinajstić information content (AvgIpc) is 2.68. The number of hydrogen-bond donors (Lipinski definition) is 0. The van der Waals surface area contributed by atoms with E-state index < -0.39 is 10.0 Å². The minimum Gasteiger partial charge on any atom is -0.493 e. The zero-order valence-corrected chi connectivity index (χ0v) is 16.4. The molecule has 3 rings (SSSR count). The van der Waals surface area contributed by atoms with Crippen LogP contribution in [0.5, 0.6) is 5.75 Å². The Morgan fingerprint density at radius 1 is 1.15 bits per heavy atom. The highest BCUT2D eigenvalue weighted by atomic mass is 35.5. The number of hydrogen-bond acceptors (Lipinski definition) is 6. The van der Waals surface area contributed by atoms with Gasteiger partial charge in [0.2, 0.25) is 10.0 Å². The fraction of sp³-hybridized carbons (Fsp3) is 0.353. The number of ether oxygens (including phenoxy) is 2. The maximum atomic E-state index is 12.5. The molecular formula is C17H19ClN2O4S2. The summed E-state index contributed by atoms with van der Waals surface area (Å²) >= 11 is 7.33. The summed E-state index contributed by atoms with van der Waals surface area (Å²) in [5, 5.41) is 1.42. The maximum Gasteiger partial charge on any atom is 0.244 e. The number of halogens is 1. The normalized spacial score (nSPS) is 15.7.